The van der Waals surface area contributed by atoms with Crippen molar-refractivity contribution in [3.63, 3.8) is 0 Å². The van der Waals surface area contributed by atoms with Crippen molar-refractivity contribution < 1.29 is 23.5 Å². The van der Waals surface area contributed by atoms with Gasteiger partial charge in [-0.05, 0) is 30.3 Å². The van der Waals surface area contributed by atoms with Crippen LogP contribution in [0.1, 0.15) is 36.6 Å². The van der Waals surface area contributed by atoms with Crippen molar-refractivity contribution in [2.75, 3.05) is 7.05 Å². The van der Waals surface area contributed by atoms with E-state index in [1.54, 1.807) is 0 Å². The summed E-state index contributed by atoms with van der Waals surface area (Å²) in [6.45, 7) is -0.0520. The number of ether oxygens (including phenoxy) is 1. The van der Waals surface area contributed by atoms with Crippen molar-refractivity contribution in [1.29, 1.82) is 0 Å². The minimum Gasteiger partial charge on any atom is -0.457 e. The van der Waals surface area contributed by atoms with E-state index in [0.29, 0.717) is 10.0 Å². The van der Waals surface area contributed by atoms with Crippen LogP contribution < -0.4 is 0 Å². The van der Waals surface area contributed by atoms with Crippen LogP contribution in [0.3, 0.4) is 0 Å². The number of hydrogen-bond acceptors (Lipinski definition) is 4. The predicted octanol–water partition coefficient (Wildman–Crippen LogP) is 3.17. The summed E-state index contributed by atoms with van der Waals surface area (Å²) in [6, 6.07) is 8.27. The second kappa shape index (κ2) is 6.16. The van der Waals surface area contributed by atoms with E-state index >= 15 is 0 Å². The maximum atomic E-state index is 13.0. The van der Waals surface area contributed by atoms with Gasteiger partial charge in [0.15, 0.2) is 0 Å². The van der Waals surface area contributed by atoms with E-state index in [2.05, 4.69) is 15.9 Å². The molecule has 0 N–H and O–H groups in total. The lowest BCUT2D eigenvalue weighted by Crippen LogP contribution is -2.24. The zero-order valence-corrected chi connectivity index (χ0v) is 14.1. The molecule has 2 aromatic rings. The maximum Gasteiger partial charge on any atom is 0.338 e. The average molecular weight is 392 g/mol. The van der Waals surface area contributed by atoms with Gasteiger partial charge in [-0.1, -0.05) is 22.0 Å². The van der Waals surface area contributed by atoms with Crippen molar-refractivity contribution in [3.8, 4) is 0 Å². The fraction of sp³-hybridized carbons (Fsp3) is 0.118. The number of benzene rings is 2. The van der Waals surface area contributed by atoms with Gasteiger partial charge in [-0.3, -0.25) is 14.5 Å². The number of carbonyl (C=O) groups is 3. The molecule has 1 aliphatic heterocycles. The minimum atomic E-state index is -0.635. The van der Waals surface area contributed by atoms with Gasteiger partial charge in [0.2, 0.25) is 0 Å². The molecule has 3 rings (SSSR count). The summed E-state index contributed by atoms with van der Waals surface area (Å²) in [6.07, 6.45) is 0. The summed E-state index contributed by atoms with van der Waals surface area (Å²) < 4.78 is 18.7. The Kier molecular flexibility index (Phi) is 4.19. The summed E-state index contributed by atoms with van der Waals surface area (Å²) in [5.74, 6) is -1.89. The van der Waals surface area contributed by atoms with E-state index in [0.717, 1.165) is 4.90 Å². The molecule has 0 spiro atoms. The van der Waals surface area contributed by atoms with Crippen molar-refractivity contribution >= 4 is 33.7 Å². The molecule has 0 bridgehead atoms. The lowest BCUT2D eigenvalue weighted by atomic mass is 10.1. The molecule has 0 aromatic heterocycles. The number of esters is 1. The Morgan fingerprint density at radius 1 is 1.12 bits per heavy atom. The Hall–Kier alpha value is -2.54. The van der Waals surface area contributed by atoms with E-state index in [4.69, 9.17) is 4.74 Å². The number of carbonyl (C=O) groups excluding carboxylic acids is 3. The molecule has 0 fully saturated rings. The number of nitrogens with zero attached hydrogens (tertiary/aromatic N) is 1. The highest BCUT2D eigenvalue weighted by atomic mass is 79.9. The summed E-state index contributed by atoms with van der Waals surface area (Å²) in [4.78, 5) is 36.9. The predicted molar refractivity (Wildman–Crippen MR) is 86.1 cm³/mol. The van der Waals surface area contributed by atoms with Crippen molar-refractivity contribution in [2.45, 2.75) is 6.61 Å². The van der Waals surface area contributed by atoms with Gasteiger partial charge in [-0.25, -0.2) is 9.18 Å². The van der Waals surface area contributed by atoms with Crippen LogP contribution in [-0.4, -0.2) is 29.7 Å². The molecule has 1 heterocycles. The highest BCUT2D eigenvalue weighted by molar-refractivity contribution is 9.10. The minimum absolute atomic E-state index is 0.0520. The van der Waals surface area contributed by atoms with Gasteiger partial charge in [0.05, 0.1) is 16.7 Å². The normalized spacial score (nSPS) is 13.2. The van der Waals surface area contributed by atoms with Crippen molar-refractivity contribution in [1.82, 2.24) is 4.90 Å². The van der Waals surface area contributed by atoms with Crippen LogP contribution in [0, 0.1) is 5.82 Å². The molecule has 0 saturated carbocycles. The van der Waals surface area contributed by atoms with Crippen molar-refractivity contribution in [2.24, 2.45) is 0 Å². The Morgan fingerprint density at radius 3 is 2.54 bits per heavy atom. The van der Waals surface area contributed by atoms with Crippen molar-refractivity contribution in [3.05, 3.63) is 68.9 Å². The van der Waals surface area contributed by atoms with Gasteiger partial charge < -0.3 is 4.74 Å². The largest absolute Gasteiger partial charge is 0.457 e. The zero-order valence-electron chi connectivity index (χ0n) is 12.5. The number of fused-ring (bicyclic) bond motifs is 1. The third-order valence-corrected chi connectivity index (χ3v) is 4.44. The average Bonchev–Trinajstić information content (AvgIpc) is 2.78. The van der Waals surface area contributed by atoms with Gasteiger partial charge in [0, 0.05) is 17.1 Å². The van der Waals surface area contributed by atoms with Gasteiger partial charge in [-0.2, -0.15) is 0 Å². The Labute approximate surface area is 145 Å². The molecule has 0 saturated heterocycles. The molecule has 1 aliphatic rings. The molecule has 2 aromatic carbocycles. The highest BCUT2D eigenvalue weighted by Gasteiger charge is 2.33. The van der Waals surface area contributed by atoms with Crippen LogP contribution in [0.2, 0.25) is 0 Å². The molecule has 2 amide bonds. The summed E-state index contributed by atoms with van der Waals surface area (Å²) >= 11 is 3.20. The van der Waals surface area contributed by atoms with Gasteiger partial charge in [0.25, 0.3) is 11.8 Å². The second-order valence-corrected chi connectivity index (χ2v) is 6.10. The lowest BCUT2D eigenvalue weighted by molar-refractivity contribution is 0.0471. The number of halogens is 2. The number of hydrogen-bond donors (Lipinski definition) is 0. The molecule has 0 atom stereocenters. The topological polar surface area (TPSA) is 63.7 Å². The fourth-order valence-corrected chi connectivity index (χ4v) is 2.82. The zero-order chi connectivity index (χ0) is 17.4. The van der Waals surface area contributed by atoms with E-state index in [9.17, 15) is 18.8 Å². The monoisotopic (exact) mass is 391 g/mol. The third kappa shape index (κ3) is 2.82. The maximum absolute atomic E-state index is 13.0. The highest BCUT2D eigenvalue weighted by Crippen LogP contribution is 2.24. The first kappa shape index (κ1) is 16.3. The Morgan fingerprint density at radius 2 is 1.83 bits per heavy atom. The first-order valence-electron chi connectivity index (χ1n) is 6.96. The fourth-order valence-electron chi connectivity index (χ4n) is 2.35. The standard InChI is InChI=1S/C17H11BrFNO4/c1-20-15(21)12-5-3-9(6-13(12)16(20)22)17(23)24-8-10-2-4-11(19)7-14(10)18/h2-7H,8H2,1H3. The molecule has 0 aliphatic carbocycles. The number of imide groups is 1. The second-order valence-electron chi connectivity index (χ2n) is 5.24. The van der Waals surface area contributed by atoms with Crippen LogP contribution in [0.15, 0.2) is 40.9 Å². The molecule has 7 heteroatoms. The van der Waals surface area contributed by atoms with E-state index < -0.39 is 23.6 Å². The van der Waals surface area contributed by atoms with E-state index in [1.807, 2.05) is 0 Å². The number of rotatable bonds is 3. The molecule has 5 nitrogen and oxygen atoms in total. The lowest BCUT2D eigenvalue weighted by Gasteiger charge is -2.07. The van der Waals surface area contributed by atoms with Crippen LogP contribution in [0.25, 0.3) is 0 Å². The summed E-state index contributed by atoms with van der Waals surface area (Å²) in [5, 5.41) is 0. The first-order valence-corrected chi connectivity index (χ1v) is 7.75. The SMILES string of the molecule is CN1C(=O)c2ccc(C(=O)OCc3ccc(F)cc3Br)cc2C1=O. The van der Waals surface area contributed by atoms with Gasteiger partial charge in [-0.15, -0.1) is 0 Å². The van der Waals surface area contributed by atoms with Crippen LogP contribution in [0.4, 0.5) is 4.39 Å². The van der Waals surface area contributed by atoms with Crippen LogP contribution in [-0.2, 0) is 11.3 Å². The number of amides is 2. The van der Waals surface area contributed by atoms with Gasteiger partial charge in [0.1, 0.15) is 12.4 Å². The molecule has 122 valence electrons. The van der Waals surface area contributed by atoms with Crippen LogP contribution in [0.5, 0.6) is 0 Å². The Bertz CT molecular complexity index is 881. The molecule has 0 unspecified atom stereocenters. The molecular formula is C17H11BrFNO4. The smallest absolute Gasteiger partial charge is 0.338 e. The third-order valence-electron chi connectivity index (χ3n) is 3.70. The summed E-state index contributed by atoms with van der Waals surface area (Å²) in [7, 11) is 1.38. The quantitative estimate of drug-likeness (QED) is 0.595. The molecular weight excluding hydrogens is 381 g/mol. The van der Waals surface area contributed by atoms with Gasteiger partial charge >= 0.3 is 5.97 Å². The van der Waals surface area contributed by atoms with E-state index in [1.165, 1.54) is 43.4 Å². The van der Waals surface area contributed by atoms with Crippen LogP contribution >= 0.6 is 15.9 Å². The first-order chi connectivity index (χ1) is 11.4. The summed E-state index contributed by atoms with van der Waals surface area (Å²) in [5.41, 5.74) is 1.22. The molecule has 0 radical (unpaired) electrons. The molecule has 24 heavy (non-hydrogen) atoms. The Balaban J connectivity index is 1.77. The van der Waals surface area contributed by atoms with E-state index in [-0.39, 0.29) is 23.3 Å².